The largest absolute Gasteiger partial charge is 0.361 e. The van der Waals surface area contributed by atoms with Gasteiger partial charge in [-0.2, -0.15) is 0 Å². The molecule has 0 bridgehead atoms. The van der Waals surface area contributed by atoms with Gasteiger partial charge in [-0.05, 0) is 12.8 Å². The third kappa shape index (κ3) is 6.23. The Morgan fingerprint density at radius 2 is 1.56 bits per heavy atom. The molecule has 0 N–H and O–H groups in total. The smallest absolute Gasteiger partial charge is 0.139 e. The Hall–Kier alpha value is -0.790. The lowest BCUT2D eigenvalue weighted by Crippen LogP contribution is -1.98. The summed E-state index contributed by atoms with van der Waals surface area (Å²) in [6.45, 7) is 4.52. The van der Waals surface area contributed by atoms with E-state index in [-0.39, 0.29) is 0 Å². The molecule has 0 saturated heterocycles. The molecule has 0 fully saturated rings. The van der Waals surface area contributed by atoms with E-state index in [2.05, 4.69) is 19.0 Å². The molecule has 1 heterocycles. The first kappa shape index (κ1) is 15.3. The molecular formula is C16H29NO. The topological polar surface area (TPSA) is 26.0 Å². The van der Waals surface area contributed by atoms with Crippen molar-refractivity contribution in [1.82, 2.24) is 5.16 Å². The van der Waals surface area contributed by atoms with Gasteiger partial charge in [-0.1, -0.05) is 70.4 Å². The molecule has 1 aromatic heterocycles. The number of rotatable bonds is 11. The highest BCUT2D eigenvalue weighted by Gasteiger charge is 2.14. The van der Waals surface area contributed by atoms with E-state index in [0.717, 1.165) is 5.76 Å². The molecule has 0 saturated carbocycles. The first-order valence-corrected chi connectivity index (χ1v) is 7.79. The number of aromatic nitrogens is 1. The molecule has 1 unspecified atom stereocenters. The van der Waals surface area contributed by atoms with Crippen LogP contribution in [0, 0.1) is 0 Å². The van der Waals surface area contributed by atoms with Gasteiger partial charge >= 0.3 is 0 Å². The van der Waals surface area contributed by atoms with Crippen LogP contribution in [-0.4, -0.2) is 5.16 Å². The van der Waals surface area contributed by atoms with Crippen molar-refractivity contribution >= 4 is 0 Å². The molecule has 18 heavy (non-hydrogen) atoms. The van der Waals surface area contributed by atoms with E-state index in [1.807, 2.05) is 6.07 Å². The van der Waals surface area contributed by atoms with Gasteiger partial charge in [0.25, 0.3) is 0 Å². The minimum atomic E-state index is 0.598. The molecule has 1 aromatic rings. The highest BCUT2D eigenvalue weighted by atomic mass is 16.5. The zero-order valence-corrected chi connectivity index (χ0v) is 12.2. The van der Waals surface area contributed by atoms with Gasteiger partial charge in [0.2, 0.25) is 0 Å². The average Bonchev–Trinajstić information content (AvgIpc) is 2.90. The Labute approximate surface area is 112 Å². The second-order valence-corrected chi connectivity index (χ2v) is 5.31. The molecule has 0 aliphatic carbocycles. The summed E-state index contributed by atoms with van der Waals surface area (Å²) in [4.78, 5) is 0. The van der Waals surface area contributed by atoms with E-state index in [4.69, 9.17) is 4.52 Å². The Bertz CT molecular complexity index is 269. The molecule has 0 radical (unpaired) electrons. The van der Waals surface area contributed by atoms with Crippen LogP contribution in [0.2, 0.25) is 0 Å². The fraction of sp³-hybridized carbons (Fsp3) is 0.812. The molecule has 2 nitrogen and oxygen atoms in total. The maximum Gasteiger partial charge on any atom is 0.139 e. The fourth-order valence-electron chi connectivity index (χ4n) is 2.50. The summed E-state index contributed by atoms with van der Waals surface area (Å²) in [6.07, 6.45) is 15.0. The lowest BCUT2D eigenvalue weighted by molar-refractivity contribution is 0.337. The molecule has 1 atom stereocenters. The summed E-state index contributed by atoms with van der Waals surface area (Å²) in [6, 6.07) is 2.04. The van der Waals surface area contributed by atoms with Gasteiger partial charge in [-0.25, -0.2) is 0 Å². The van der Waals surface area contributed by atoms with Crippen LogP contribution in [-0.2, 0) is 0 Å². The highest BCUT2D eigenvalue weighted by Crippen LogP contribution is 2.28. The lowest BCUT2D eigenvalue weighted by Gasteiger charge is -2.13. The minimum Gasteiger partial charge on any atom is -0.361 e. The van der Waals surface area contributed by atoms with E-state index in [9.17, 15) is 0 Å². The van der Waals surface area contributed by atoms with Crippen molar-refractivity contribution in [1.29, 1.82) is 0 Å². The van der Waals surface area contributed by atoms with Crippen LogP contribution >= 0.6 is 0 Å². The van der Waals surface area contributed by atoms with Crippen LogP contribution in [0.15, 0.2) is 16.8 Å². The molecule has 1 rings (SSSR count). The Balaban J connectivity index is 2.26. The second kappa shape index (κ2) is 10.2. The SMILES string of the molecule is CCCCCCCC(CCCCC)c1ccno1. The molecule has 0 aromatic carbocycles. The van der Waals surface area contributed by atoms with Crippen molar-refractivity contribution in [3.05, 3.63) is 18.0 Å². The van der Waals surface area contributed by atoms with Crippen molar-refractivity contribution in [2.24, 2.45) is 0 Å². The van der Waals surface area contributed by atoms with Crippen LogP contribution in [0.25, 0.3) is 0 Å². The minimum absolute atomic E-state index is 0.598. The molecule has 104 valence electrons. The van der Waals surface area contributed by atoms with E-state index < -0.39 is 0 Å². The van der Waals surface area contributed by atoms with Crippen LogP contribution < -0.4 is 0 Å². The summed E-state index contributed by atoms with van der Waals surface area (Å²) >= 11 is 0. The maximum absolute atomic E-state index is 5.35. The normalized spacial score (nSPS) is 12.8. The summed E-state index contributed by atoms with van der Waals surface area (Å²) in [5, 5.41) is 3.85. The molecule has 2 heteroatoms. The monoisotopic (exact) mass is 251 g/mol. The van der Waals surface area contributed by atoms with E-state index in [1.54, 1.807) is 6.20 Å². The number of hydrogen-bond acceptors (Lipinski definition) is 2. The van der Waals surface area contributed by atoms with Gasteiger partial charge in [0.05, 0.1) is 6.20 Å². The standard InChI is InChI=1S/C16H29NO/c1-3-5-7-8-10-12-15(11-9-6-4-2)16-13-14-17-18-16/h13-15H,3-12H2,1-2H3. The summed E-state index contributed by atoms with van der Waals surface area (Å²) < 4.78 is 5.35. The van der Waals surface area contributed by atoms with Crippen molar-refractivity contribution < 1.29 is 4.52 Å². The predicted molar refractivity (Wildman–Crippen MR) is 76.8 cm³/mol. The summed E-state index contributed by atoms with van der Waals surface area (Å²) in [7, 11) is 0. The second-order valence-electron chi connectivity index (χ2n) is 5.31. The first-order valence-electron chi connectivity index (χ1n) is 7.79. The van der Waals surface area contributed by atoms with Crippen molar-refractivity contribution in [2.75, 3.05) is 0 Å². The quantitative estimate of drug-likeness (QED) is 0.471. The molecule has 0 aliphatic heterocycles. The van der Waals surface area contributed by atoms with Gasteiger partial charge in [-0.15, -0.1) is 0 Å². The Morgan fingerprint density at radius 1 is 0.944 bits per heavy atom. The van der Waals surface area contributed by atoms with Crippen LogP contribution in [0.5, 0.6) is 0 Å². The van der Waals surface area contributed by atoms with Gasteiger partial charge in [0.1, 0.15) is 5.76 Å². The number of nitrogens with zero attached hydrogens (tertiary/aromatic N) is 1. The van der Waals surface area contributed by atoms with Crippen LogP contribution in [0.4, 0.5) is 0 Å². The summed E-state index contributed by atoms with van der Waals surface area (Å²) in [5.41, 5.74) is 0. The Morgan fingerprint density at radius 3 is 2.17 bits per heavy atom. The summed E-state index contributed by atoms with van der Waals surface area (Å²) in [5.74, 6) is 1.70. The van der Waals surface area contributed by atoms with Crippen molar-refractivity contribution in [3.8, 4) is 0 Å². The maximum atomic E-state index is 5.35. The highest BCUT2D eigenvalue weighted by molar-refractivity contribution is 5.01. The zero-order valence-electron chi connectivity index (χ0n) is 12.2. The Kier molecular flexibility index (Phi) is 8.62. The lowest BCUT2D eigenvalue weighted by atomic mass is 9.92. The van der Waals surface area contributed by atoms with Crippen LogP contribution in [0.1, 0.15) is 89.7 Å². The molecular weight excluding hydrogens is 222 g/mol. The fourth-order valence-corrected chi connectivity index (χ4v) is 2.50. The number of unbranched alkanes of at least 4 members (excludes halogenated alkanes) is 6. The predicted octanol–water partition coefficient (Wildman–Crippen LogP) is 5.70. The van der Waals surface area contributed by atoms with E-state index in [1.165, 1.54) is 64.2 Å². The molecule has 0 spiro atoms. The van der Waals surface area contributed by atoms with Gasteiger partial charge < -0.3 is 4.52 Å². The third-order valence-corrected chi connectivity index (χ3v) is 3.67. The van der Waals surface area contributed by atoms with Gasteiger partial charge in [0.15, 0.2) is 0 Å². The van der Waals surface area contributed by atoms with Gasteiger partial charge in [0, 0.05) is 12.0 Å². The van der Waals surface area contributed by atoms with Gasteiger partial charge in [-0.3, -0.25) is 0 Å². The zero-order chi connectivity index (χ0) is 13.1. The average molecular weight is 251 g/mol. The third-order valence-electron chi connectivity index (χ3n) is 3.67. The molecule has 0 aliphatic rings. The molecule has 0 amide bonds. The first-order chi connectivity index (χ1) is 8.88. The number of hydrogen-bond donors (Lipinski definition) is 0. The van der Waals surface area contributed by atoms with Crippen molar-refractivity contribution in [3.63, 3.8) is 0 Å². The van der Waals surface area contributed by atoms with Crippen LogP contribution in [0.3, 0.4) is 0 Å². The van der Waals surface area contributed by atoms with E-state index >= 15 is 0 Å². The van der Waals surface area contributed by atoms with E-state index in [0.29, 0.717) is 5.92 Å². The van der Waals surface area contributed by atoms with Crippen molar-refractivity contribution in [2.45, 2.75) is 84.0 Å².